The second-order valence-corrected chi connectivity index (χ2v) is 6.29. The molecule has 18 heavy (non-hydrogen) atoms. The predicted octanol–water partition coefficient (Wildman–Crippen LogP) is 4.10. The largest absolute Gasteiger partial charge is 0.196 e. The van der Waals surface area contributed by atoms with Crippen LogP contribution in [-0.2, 0) is 0 Å². The van der Waals surface area contributed by atoms with Gasteiger partial charge in [0.1, 0.15) is 0 Å². The Bertz CT molecular complexity index is 393. The Morgan fingerprint density at radius 2 is 1.50 bits per heavy atom. The molecule has 0 saturated carbocycles. The van der Waals surface area contributed by atoms with E-state index in [4.69, 9.17) is 5.26 Å². The first-order valence-corrected chi connectivity index (χ1v) is 6.31. The van der Waals surface area contributed by atoms with Crippen LogP contribution in [0.4, 0.5) is 0 Å². The molecule has 4 heteroatoms. The van der Waals surface area contributed by atoms with Crippen molar-refractivity contribution in [3.8, 4) is 12.1 Å². The summed E-state index contributed by atoms with van der Waals surface area (Å²) in [5.41, 5.74) is -1.78. The maximum Gasteiger partial charge on any atom is 0.167 e. The minimum Gasteiger partial charge on any atom is -0.196 e. The molecular weight excluding hydrogens is 224 g/mol. The van der Waals surface area contributed by atoms with Crippen molar-refractivity contribution in [2.75, 3.05) is 0 Å². The van der Waals surface area contributed by atoms with Crippen molar-refractivity contribution in [1.82, 2.24) is 0 Å². The summed E-state index contributed by atoms with van der Waals surface area (Å²) in [5.74, 6) is 0.0403. The van der Waals surface area contributed by atoms with Crippen LogP contribution in [-0.4, -0.2) is 11.1 Å². The highest BCUT2D eigenvalue weighted by atomic mass is 15.2. The van der Waals surface area contributed by atoms with Gasteiger partial charge < -0.3 is 0 Å². The fourth-order valence-electron chi connectivity index (χ4n) is 1.44. The maximum absolute atomic E-state index is 9.37. The molecule has 0 aliphatic rings. The van der Waals surface area contributed by atoms with Gasteiger partial charge in [-0.1, -0.05) is 34.6 Å². The summed E-state index contributed by atoms with van der Waals surface area (Å²) in [4.78, 5) is 0. The van der Waals surface area contributed by atoms with Crippen molar-refractivity contribution < 1.29 is 0 Å². The van der Waals surface area contributed by atoms with Gasteiger partial charge in [0.2, 0.25) is 0 Å². The molecule has 0 aromatic heterocycles. The molecule has 100 valence electrons. The summed E-state index contributed by atoms with van der Waals surface area (Å²) in [5, 5.41) is 26.7. The normalized spacial score (nSPS) is 20.5. The topological polar surface area (TPSA) is 72.3 Å². The van der Waals surface area contributed by atoms with Crippen molar-refractivity contribution in [1.29, 1.82) is 10.5 Å². The van der Waals surface area contributed by atoms with Gasteiger partial charge in [-0.05, 0) is 25.7 Å². The summed E-state index contributed by atoms with van der Waals surface area (Å²) < 4.78 is 0. The van der Waals surface area contributed by atoms with Gasteiger partial charge in [0.15, 0.2) is 11.1 Å². The van der Waals surface area contributed by atoms with Gasteiger partial charge in [-0.3, -0.25) is 0 Å². The number of rotatable bonds is 4. The number of nitrogens with zero attached hydrogens (tertiary/aromatic N) is 4. The van der Waals surface area contributed by atoms with Crippen LogP contribution in [0.25, 0.3) is 0 Å². The molecule has 0 rings (SSSR count). The van der Waals surface area contributed by atoms with Crippen molar-refractivity contribution in [2.24, 2.45) is 21.6 Å². The van der Waals surface area contributed by atoms with Crippen LogP contribution in [0.2, 0.25) is 0 Å². The third-order valence-corrected chi connectivity index (χ3v) is 3.78. The second kappa shape index (κ2) is 5.48. The molecule has 0 aromatic rings. The number of azo groups is 1. The second-order valence-electron chi connectivity index (χ2n) is 6.29. The lowest BCUT2D eigenvalue weighted by atomic mass is 9.71. The van der Waals surface area contributed by atoms with E-state index in [-0.39, 0.29) is 11.3 Å². The lowest BCUT2D eigenvalue weighted by Gasteiger charge is -2.35. The average Bonchev–Trinajstić information content (AvgIpc) is 2.33. The summed E-state index contributed by atoms with van der Waals surface area (Å²) in [6, 6.07) is 4.37. The first-order chi connectivity index (χ1) is 8.04. The summed E-state index contributed by atoms with van der Waals surface area (Å²) in [6.07, 6.45) is 0.582. The van der Waals surface area contributed by atoms with Crippen LogP contribution < -0.4 is 0 Å². The third-order valence-electron chi connectivity index (χ3n) is 3.78. The van der Waals surface area contributed by atoms with Gasteiger partial charge in [0.05, 0.1) is 12.1 Å². The van der Waals surface area contributed by atoms with Crippen molar-refractivity contribution >= 4 is 0 Å². The zero-order valence-electron chi connectivity index (χ0n) is 12.6. The molecule has 0 bridgehead atoms. The Morgan fingerprint density at radius 3 is 1.78 bits per heavy atom. The van der Waals surface area contributed by atoms with Gasteiger partial charge >= 0.3 is 0 Å². The Hall–Kier alpha value is -1.42. The van der Waals surface area contributed by atoms with Crippen LogP contribution in [0.15, 0.2) is 10.2 Å². The van der Waals surface area contributed by atoms with Crippen molar-refractivity contribution in [3.05, 3.63) is 0 Å². The highest BCUT2D eigenvalue weighted by Gasteiger charge is 2.39. The Balaban J connectivity index is 5.32. The van der Waals surface area contributed by atoms with E-state index in [1.165, 1.54) is 0 Å². The van der Waals surface area contributed by atoms with Crippen LogP contribution in [0.1, 0.15) is 54.9 Å². The Morgan fingerprint density at radius 1 is 1.00 bits per heavy atom. The molecule has 0 N–H and O–H groups in total. The fraction of sp³-hybridized carbons (Fsp3) is 0.857. The third kappa shape index (κ3) is 3.81. The standard InChI is InChI=1S/C14H24N4/c1-8-13(6,9-15)17-18-14(7,10-16)11(2)12(3,4)5/h11H,8H2,1-7H3. The molecule has 0 radical (unpaired) electrons. The predicted molar refractivity (Wildman–Crippen MR) is 71.8 cm³/mol. The number of hydrogen-bond acceptors (Lipinski definition) is 4. The lowest BCUT2D eigenvalue weighted by molar-refractivity contribution is 0.187. The molecule has 3 atom stereocenters. The zero-order chi connectivity index (χ0) is 14.6. The van der Waals surface area contributed by atoms with Crippen LogP contribution in [0.3, 0.4) is 0 Å². The Kier molecular flexibility index (Phi) is 5.05. The molecule has 3 unspecified atom stereocenters. The van der Waals surface area contributed by atoms with E-state index >= 15 is 0 Å². The van der Waals surface area contributed by atoms with Crippen LogP contribution in [0.5, 0.6) is 0 Å². The van der Waals surface area contributed by atoms with Crippen molar-refractivity contribution in [2.45, 2.75) is 66.0 Å². The highest BCUT2D eigenvalue weighted by Crippen LogP contribution is 2.37. The molecule has 0 spiro atoms. The van der Waals surface area contributed by atoms with E-state index in [1.807, 2.05) is 13.8 Å². The first kappa shape index (κ1) is 16.6. The molecule has 0 aromatic carbocycles. The van der Waals surface area contributed by atoms with E-state index in [1.54, 1.807) is 13.8 Å². The molecule has 0 aliphatic heterocycles. The number of hydrogen-bond donors (Lipinski definition) is 0. The van der Waals surface area contributed by atoms with E-state index < -0.39 is 11.1 Å². The first-order valence-electron chi connectivity index (χ1n) is 6.31. The van der Waals surface area contributed by atoms with Crippen molar-refractivity contribution in [3.63, 3.8) is 0 Å². The number of nitriles is 2. The van der Waals surface area contributed by atoms with Crippen LogP contribution >= 0.6 is 0 Å². The monoisotopic (exact) mass is 248 g/mol. The van der Waals surface area contributed by atoms with Crippen LogP contribution in [0, 0.1) is 34.0 Å². The molecule has 4 nitrogen and oxygen atoms in total. The molecule has 0 aliphatic carbocycles. The van der Waals surface area contributed by atoms with E-state index in [0.717, 1.165) is 0 Å². The minimum absolute atomic E-state index is 0.0403. The Labute approximate surface area is 111 Å². The minimum atomic E-state index is -0.897. The van der Waals surface area contributed by atoms with Gasteiger partial charge in [-0.25, -0.2) is 0 Å². The van der Waals surface area contributed by atoms with E-state index in [2.05, 4.69) is 43.1 Å². The molecular formula is C14H24N4. The molecule has 0 saturated heterocycles. The van der Waals surface area contributed by atoms with Gasteiger partial charge in [0, 0.05) is 5.92 Å². The van der Waals surface area contributed by atoms with E-state index in [9.17, 15) is 5.26 Å². The van der Waals surface area contributed by atoms with Gasteiger partial charge in [-0.15, -0.1) is 0 Å². The average molecular weight is 248 g/mol. The summed E-state index contributed by atoms with van der Waals surface area (Å²) in [6.45, 7) is 13.6. The molecule has 0 amide bonds. The summed E-state index contributed by atoms with van der Waals surface area (Å²) in [7, 11) is 0. The van der Waals surface area contributed by atoms with E-state index in [0.29, 0.717) is 6.42 Å². The molecule has 0 fully saturated rings. The molecule has 0 heterocycles. The zero-order valence-corrected chi connectivity index (χ0v) is 12.6. The maximum atomic E-state index is 9.37. The lowest BCUT2D eigenvalue weighted by Crippen LogP contribution is -2.38. The van der Waals surface area contributed by atoms with Gasteiger partial charge in [-0.2, -0.15) is 20.8 Å². The summed E-state index contributed by atoms with van der Waals surface area (Å²) >= 11 is 0. The fourth-order valence-corrected chi connectivity index (χ4v) is 1.44. The SMILES string of the molecule is CCC(C)(C#N)N=NC(C)(C#N)C(C)C(C)(C)C. The quantitative estimate of drug-likeness (QED) is 0.703. The van der Waals surface area contributed by atoms with Gasteiger partial charge in [0.25, 0.3) is 0 Å². The smallest absolute Gasteiger partial charge is 0.167 e. The highest BCUT2D eigenvalue weighted by molar-refractivity contribution is 5.10.